The first kappa shape index (κ1) is 17.0. The zero-order valence-corrected chi connectivity index (χ0v) is 13.9. The van der Waals surface area contributed by atoms with Crippen LogP contribution in [0, 0.1) is 11.7 Å². The molecule has 0 radical (unpaired) electrons. The zero-order chi connectivity index (χ0) is 16.7. The molecule has 23 heavy (non-hydrogen) atoms. The molecule has 0 aliphatic rings. The van der Waals surface area contributed by atoms with E-state index in [1.54, 1.807) is 13.1 Å². The van der Waals surface area contributed by atoms with Gasteiger partial charge in [-0.2, -0.15) is 0 Å². The Kier molecular flexibility index (Phi) is 6.14. The number of nitrogens with zero attached hydrogens (tertiary/aromatic N) is 3. The molecule has 1 aromatic carbocycles. The van der Waals surface area contributed by atoms with Crippen LogP contribution in [0.4, 0.5) is 4.39 Å². The van der Waals surface area contributed by atoms with Gasteiger partial charge in [0.2, 0.25) is 0 Å². The molecule has 0 atom stereocenters. The molecule has 124 valence electrons. The summed E-state index contributed by atoms with van der Waals surface area (Å²) in [6.45, 7) is 6.39. The number of guanidine groups is 1. The van der Waals surface area contributed by atoms with Crippen LogP contribution in [0.25, 0.3) is 0 Å². The number of hydrogen-bond donors (Lipinski definition) is 2. The SMILES string of the molecule is CN=C(NCc1cccc(F)c1)NCc1nccn1CC(C)C. The van der Waals surface area contributed by atoms with Crippen LogP contribution in [0.5, 0.6) is 0 Å². The van der Waals surface area contributed by atoms with E-state index in [0.717, 1.165) is 17.9 Å². The van der Waals surface area contributed by atoms with Crippen molar-refractivity contribution in [3.8, 4) is 0 Å². The molecule has 0 saturated heterocycles. The molecule has 2 aromatic rings. The third-order valence-electron chi connectivity index (χ3n) is 3.35. The van der Waals surface area contributed by atoms with Crippen LogP contribution >= 0.6 is 0 Å². The quantitative estimate of drug-likeness (QED) is 0.636. The highest BCUT2D eigenvalue weighted by atomic mass is 19.1. The second-order valence-corrected chi connectivity index (χ2v) is 5.80. The maximum Gasteiger partial charge on any atom is 0.191 e. The molecule has 5 nitrogen and oxygen atoms in total. The third kappa shape index (κ3) is 5.39. The minimum atomic E-state index is -0.233. The van der Waals surface area contributed by atoms with Crippen molar-refractivity contribution in [3.63, 3.8) is 0 Å². The molecule has 0 spiro atoms. The van der Waals surface area contributed by atoms with Crippen molar-refractivity contribution >= 4 is 5.96 Å². The van der Waals surface area contributed by atoms with E-state index in [9.17, 15) is 4.39 Å². The maximum absolute atomic E-state index is 13.2. The number of rotatable bonds is 6. The molecule has 0 aliphatic heterocycles. The first-order valence-corrected chi connectivity index (χ1v) is 7.77. The normalized spacial score (nSPS) is 11.8. The fourth-order valence-electron chi connectivity index (χ4n) is 2.28. The van der Waals surface area contributed by atoms with Gasteiger partial charge in [0.1, 0.15) is 11.6 Å². The molecule has 0 unspecified atom stereocenters. The van der Waals surface area contributed by atoms with Crippen LogP contribution < -0.4 is 10.6 Å². The van der Waals surface area contributed by atoms with Crippen LogP contribution in [0.2, 0.25) is 0 Å². The van der Waals surface area contributed by atoms with Crippen molar-refractivity contribution in [2.75, 3.05) is 7.05 Å². The Labute approximate surface area is 136 Å². The minimum absolute atomic E-state index is 0.233. The van der Waals surface area contributed by atoms with E-state index in [0.29, 0.717) is 25.0 Å². The van der Waals surface area contributed by atoms with Crippen LogP contribution in [-0.4, -0.2) is 22.6 Å². The standard InChI is InChI=1S/C17H24FN5/c1-13(2)12-23-8-7-20-16(23)11-22-17(19-3)21-10-14-5-4-6-15(18)9-14/h4-9,13H,10-12H2,1-3H3,(H2,19,21,22). The number of aromatic nitrogens is 2. The summed E-state index contributed by atoms with van der Waals surface area (Å²) in [6, 6.07) is 6.52. The van der Waals surface area contributed by atoms with Crippen LogP contribution in [-0.2, 0) is 19.6 Å². The second kappa shape index (κ2) is 8.31. The van der Waals surface area contributed by atoms with Gasteiger partial charge in [-0.15, -0.1) is 0 Å². The number of hydrogen-bond acceptors (Lipinski definition) is 2. The van der Waals surface area contributed by atoms with E-state index >= 15 is 0 Å². The number of halogens is 1. The monoisotopic (exact) mass is 317 g/mol. The molecule has 1 aromatic heterocycles. The van der Waals surface area contributed by atoms with E-state index < -0.39 is 0 Å². The Morgan fingerprint density at radius 3 is 2.78 bits per heavy atom. The lowest BCUT2D eigenvalue weighted by Crippen LogP contribution is -2.37. The van der Waals surface area contributed by atoms with E-state index in [4.69, 9.17) is 0 Å². The summed E-state index contributed by atoms with van der Waals surface area (Å²) in [5.74, 6) is 1.96. The van der Waals surface area contributed by atoms with Gasteiger partial charge in [-0.25, -0.2) is 9.37 Å². The molecule has 6 heteroatoms. The van der Waals surface area contributed by atoms with E-state index in [1.807, 2.05) is 18.5 Å². The van der Waals surface area contributed by atoms with Crippen LogP contribution in [0.15, 0.2) is 41.7 Å². The molecular weight excluding hydrogens is 293 g/mol. The van der Waals surface area contributed by atoms with Crippen LogP contribution in [0.1, 0.15) is 25.2 Å². The van der Waals surface area contributed by atoms with Crippen molar-refractivity contribution in [3.05, 3.63) is 53.9 Å². The lowest BCUT2D eigenvalue weighted by atomic mass is 10.2. The van der Waals surface area contributed by atoms with Crippen molar-refractivity contribution in [2.24, 2.45) is 10.9 Å². The highest BCUT2D eigenvalue weighted by molar-refractivity contribution is 5.79. The van der Waals surface area contributed by atoms with Gasteiger partial charge in [0, 0.05) is 32.5 Å². The summed E-state index contributed by atoms with van der Waals surface area (Å²) in [6.07, 6.45) is 3.79. The van der Waals surface area contributed by atoms with Gasteiger partial charge in [0.15, 0.2) is 5.96 Å². The second-order valence-electron chi connectivity index (χ2n) is 5.80. The van der Waals surface area contributed by atoms with Gasteiger partial charge < -0.3 is 15.2 Å². The summed E-state index contributed by atoms with van der Waals surface area (Å²) >= 11 is 0. The van der Waals surface area contributed by atoms with Gasteiger partial charge in [0.05, 0.1) is 6.54 Å². The number of benzene rings is 1. The van der Waals surface area contributed by atoms with Gasteiger partial charge in [-0.1, -0.05) is 26.0 Å². The zero-order valence-electron chi connectivity index (χ0n) is 13.9. The first-order chi connectivity index (χ1) is 11.1. The van der Waals surface area contributed by atoms with Crippen molar-refractivity contribution in [2.45, 2.75) is 33.5 Å². The first-order valence-electron chi connectivity index (χ1n) is 7.77. The smallest absolute Gasteiger partial charge is 0.191 e. The average Bonchev–Trinajstić information content (AvgIpc) is 2.94. The lowest BCUT2D eigenvalue weighted by Gasteiger charge is -2.14. The van der Waals surface area contributed by atoms with Gasteiger partial charge >= 0.3 is 0 Å². The summed E-state index contributed by atoms with van der Waals surface area (Å²) < 4.78 is 15.3. The molecule has 0 amide bonds. The van der Waals surface area contributed by atoms with E-state index in [1.165, 1.54) is 12.1 Å². The molecule has 2 N–H and O–H groups in total. The summed E-state index contributed by atoms with van der Waals surface area (Å²) in [5.41, 5.74) is 0.870. The Balaban J connectivity index is 1.87. The highest BCUT2D eigenvalue weighted by Gasteiger charge is 2.06. The molecule has 0 aliphatic carbocycles. The predicted octanol–water partition coefficient (Wildman–Crippen LogP) is 2.54. The van der Waals surface area contributed by atoms with Gasteiger partial charge in [0.25, 0.3) is 0 Å². The Hall–Kier alpha value is -2.37. The Morgan fingerprint density at radius 1 is 1.30 bits per heavy atom. The van der Waals surface area contributed by atoms with Crippen molar-refractivity contribution < 1.29 is 4.39 Å². The molecule has 1 heterocycles. The Morgan fingerprint density at radius 2 is 2.09 bits per heavy atom. The maximum atomic E-state index is 13.2. The average molecular weight is 317 g/mol. The van der Waals surface area contributed by atoms with Crippen molar-refractivity contribution in [1.29, 1.82) is 0 Å². The van der Waals surface area contributed by atoms with Crippen molar-refractivity contribution in [1.82, 2.24) is 20.2 Å². The lowest BCUT2D eigenvalue weighted by molar-refractivity contribution is 0.503. The molecule has 0 bridgehead atoms. The Bertz CT molecular complexity index is 648. The summed E-state index contributed by atoms with van der Waals surface area (Å²) in [4.78, 5) is 8.55. The molecular formula is C17H24FN5. The van der Waals surface area contributed by atoms with E-state index in [-0.39, 0.29) is 5.82 Å². The number of nitrogens with one attached hydrogen (secondary N) is 2. The fourth-order valence-corrected chi connectivity index (χ4v) is 2.28. The molecule has 0 fully saturated rings. The number of aliphatic imine (C=N–C) groups is 1. The number of imidazole rings is 1. The summed E-state index contributed by atoms with van der Waals surface area (Å²) in [5, 5.41) is 6.40. The predicted molar refractivity (Wildman–Crippen MR) is 90.5 cm³/mol. The molecule has 2 rings (SSSR count). The van der Waals surface area contributed by atoms with E-state index in [2.05, 4.69) is 39.0 Å². The molecule has 0 saturated carbocycles. The van der Waals surface area contributed by atoms with Crippen LogP contribution in [0.3, 0.4) is 0 Å². The van der Waals surface area contributed by atoms with Gasteiger partial charge in [-0.05, 0) is 23.6 Å². The minimum Gasteiger partial charge on any atom is -0.352 e. The topological polar surface area (TPSA) is 54.2 Å². The summed E-state index contributed by atoms with van der Waals surface area (Å²) in [7, 11) is 1.71. The van der Waals surface area contributed by atoms with Gasteiger partial charge in [-0.3, -0.25) is 4.99 Å². The third-order valence-corrected chi connectivity index (χ3v) is 3.35. The largest absolute Gasteiger partial charge is 0.352 e. The highest BCUT2D eigenvalue weighted by Crippen LogP contribution is 2.04. The fraction of sp³-hybridized carbons (Fsp3) is 0.412.